The Morgan fingerprint density at radius 2 is 2.45 bits per heavy atom. The predicted molar refractivity (Wildman–Crippen MR) is 74.0 cm³/mol. The van der Waals surface area contributed by atoms with Gasteiger partial charge in [-0.2, -0.15) is 0 Å². The highest BCUT2D eigenvalue weighted by molar-refractivity contribution is 7.10. The molecule has 0 radical (unpaired) electrons. The van der Waals surface area contributed by atoms with Crippen LogP contribution in [0.2, 0.25) is 0 Å². The molecule has 1 fully saturated rings. The van der Waals surface area contributed by atoms with Gasteiger partial charge in [0.15, 0.2) is 0 Å². The quantitative estimate of drug-likeness (QED) is 0.783. The van der Waals surface area contributed by atoms with Gasteiger partial charge in [0.1, 0.15) is 6.61 Å². The first-order chi connectivity index (χ1) is 9.41. The van der Waals surface area contributed by atoms with Crippen LogP contribution < -0.4 is 0 Å². The topological polar surface area (TPSA) is 29.5 Å². The monoisotopic (exact) mass is 301 g/mol. The van der Waals surface area contributed by atoms with Crippen LogP contribution in [0.5, 0.6) is 0 Å². The number of aryl methyl sites for hydroxylation is 1. The Morgan fingerprint density at radius 3 is 2.95 bits per heavy atom. The van der Waals surface area contributed by atoms with Crippen molar-refractivity contribution in [3.8, 4) is 0 Å². The number of rotatable bonds is 5. The highest BCUT2D eigenvalue weighted by Crippen LogP contribution is 2.30. The summed E-state index contributed by atoms with van der Waals surface area (Å²) >= 11 is 1.59. The highest BCUT2D eigenvalue weighted by Gasteiger charge is 2.41. The molecule has 0 saturated carbocycles. The summed E-state index contributed by atoms with van der Waals surface area (Å²) in [4.78, 5) is 14.5. The lowest BCUT2D eigenvalue weighted by molar-refractivity contribution is -0.128. The number of hydrogen-bond acceptors (Lipinski definition) is 3. The van der Waals surface area contributed by atoms with Crippen LogP contribution in [-0.2, 0) is 16.1 Å². The second-order valence-corrected chi connectivity index (χ2v) is 6.04. The molecule has 1 atom stereocenters. The second-order valence-electron chi connectivity index (χ2n) is 4.92. The van der Waals surface area contributed by atoms with E-state index in [1.54, 1.807) is 11.3 Å². The molecule has 0 aromatic carbocycles. The summed E-state index contributed by atoms with van der Waals surface area (Å²) in [5.41, 5.74) is 1.02. The molecule has 1 aromatic rings. The Kier molecular flexibility index (Phi) is 4.55. The number of thiophene rings is 1. The molecule has 0 bridgehead atoms. The lowest BCUT2D eigenvalue weighted by atomic mass is 10.1. The van der Waals surface area contributed by atoms with Gasteiger partial charge in [0.2, 0.25) is 5.91 Å². The zero-order chi connectivity index (χ0) is 14.8. The molecule has 1 aliphatic rings. The molecule has 0 N–H and O–H groups in total. The summed E-state index contributed by atoms with van der Waals surface area (Å²) in [6.07, 6.45) is 0.249. The van der Waals surface area contributed by atoms with Gasteiger partial charge in [0.05, 0.1) is 6.10 Å². The van der Waals surface area contributed by atoms with Crippen LogP contribution in [0.25, 0.3) is 0 Å². The molecule has 2 rings (SSSR count). The van der Waals surface area contributed by atoms with Crippen LogP contribution in [0.3, 0.4) is 0 Å². The number of halogens is 2. The fraction of sp³-hybridized carbons (Fsp3) is 0.500. The fourth-order valence-electron chi connectivity index (χ4n) is 2.20. The third-order valence-corrected chi connectivity index (χ3v) is 4.18. The normalized spacial score (nSPS) is 20.9. The molecule has 20 heavy (non-hydrogen) atoms. The average molecular weight is 301 g/mol. The first-order valence-corrected chi connectivity index (χ1v) is 7.23. The number of alkyl halides is 2. The van der Waals surface area contributed by atoms with Crippen molar-refractivity contribution < 1.29 is 18.3 Å². The Balaban J connectivity index is 2.03. The standard InChI is InChI=1S/C14H17F2NO2S/c1-3-13(18)17(7-11-4-5-20-10(11)2)8-12-6-14(15,16)9-19-12/h3-5,12H,1,6-9H2,2H3. The summed E-state index contributed by atoms with van der Waals surface area (Å²) in [6, 6.07) is 1.94. The van der Waals surface area contributed by atoms with Crippen molar-refractivity contribution in [1.29, 1.82) is 0 Å². The van der Waals surface area contributed by atoms with Crippen LogP contribution in [0, 0.1) is 6.92 Å². The third kappa shape index (κ3) is 3.64. The Labute approximate surface area is 120 Å². The van der Waals surface area contributed by atoms with E-state index in [9.17, 15) is 13.6 Å². The molecule has 6 heteroatoms. The highest BCUT2D eigenvalue weighted by atomic mass is 32.1. The molecule has 0 aliphatic carbocycles. The minimum Gasteiger partial charge on any atom is -0.370 e. The molecule has 1 unspecified atom stereocenters. The van der Waals surface area contributed by atoms with Crippen molar-refractivity contribution in [2.24, 2.45) is 0 Å². The first-order valence-electron chi connectivity index (χ1n) is 6.35. The molecule has 2 heterocycles. The summed E-state index contributed by atoms with van der Waals surface area (Å²) in [7, 11) is 0. The van der Waals surface area contributed by atoms with Crippen molar-refractivity contribution in [1.82, 2.24) is 4.90 Å². The summed E-state index contributed by atoms with van der Waals surface area (Å²) < 4.78 is 31.3. The van der Waals surface area contributed by atoms with Gasteiger partial charge in [-0.1, -0.05) is 6.58 Å². The molecular weight excluding hydrogens is 284 g/mol. The summed E-state index contributed by atoms with van der Waals surface area (Å²) in [5, 5.41) is 1.95. The molecule has 1 saturated heterocycles. The molecular formula is C14H17F2NO2S. The Hall–Kier alpha value is -1.27. The van der Waals surface area contributed by atoms with Crippen LogP contribution >= 0.6 is 11.3 Å². The largest absolute Gasteiger partial charge is 0.370 e. The molecule has 3 nitrogen and oxygen atoms in total. The third-order valence-electron chi connectivity index (χ3n) is 3.29. The molecule has 1 aromatic heterocycles. The Bertz CT molecular complexity index is 501. The van der Waals surface area contributed by atoms with Gasteiger partial charge in [-0.05, 0) is 30.0 Å². The number of carbonyl (C=O) groups is 1. The SMILES string of the molecule is C=CC(=O)N(Cc1ccsc1C)CC1CC(F)(F)CO1. The van der Waals surface area contributed by atoms with Crippen molar-refractivity contribution in [2.75, 3.05) is 13.2 Å². The minimum absolute atomic E-state index is 0.162. The predicted octanol–water partition coefficient (Wildman–Crippen LogP) is 3.00. The number of amides is 1. The van der Waals surface area contributed by atoms with E-state index in [0.717, 1.165) is 10.4 Å². The molecule has 1 amide bonds. The smallest absolute Gasteiger partial charge is 0.273 e. The van der Waals surface area contributed by atoms with Gasteiger partial charge in [-0.25, -0.2) is 8.78 Å². The van der Waals surface area contributed by atoms with E-state index in [1.807, 2.05) is 18.4 Å². The van der Waals surface area contributed by atoms with Gasteiger partial charge >= 0.3 is 0 Å². The van der Waals surface area contributed by atoms with E-state index in [0.29, 0.717) is 6.54 Å². The Morgan fingerprint density at radius 1 is 1.70 bits per heavy atom. The summed E-state index contributed by atoms with van der Waals surface area (Å²) in [5.74, 6) is -3.05. The van der Waals surface area contributed by atoms with Gasteiger partial charge < -0.3 is 9.64 Å². The second kappa shape index (κ2) is 6.01. The van der Waals surface area contributed by atoms with Crippen molar-refractivity contribution >= 4 is 17.2 Å². The maximum atomic E-state index is 13.1. The fourth-order valence-corrected chi connectivity index (χ4v) is 2.92. The van der Waals surface area contributed by atoms with E-state index in [4.69, 9.17) is 4.74 Å². The van der Waals surface area contributed by atoms with Crippen molar-refractivity contribution in [2.45, 2.75) is 31.9 Å². The molecule has 110 valence electrons. The molecule has 0 spiro atoms. The van der Waals surface area contributed by atoms with Crippen LogP contribution in [0.15, 0.2) is 24.1 Å². The van der Waals surface area contributed by atoms with Gasteiger partial charge in [0, 0.05) is 24.4 Å². The van der Waals surface area contributed by atoms with Gasteiger partial charge in [-0.15, -0.1) is 11.3 Å². The van der Waals surface area contributed by atoms with Crippen molar-refractivity contribution in [3.63, 3.8) is 0 Å². The van der Waals surface area contributed by atoms with Crippen LogP contribution in [-0.4, -0.2) is 36.0 Å². The zero-order valence-corrected chi connectivity index (χ0v) is 12.1. The lowest BCUT2D eigenvalue weighted by Gasteiger charge is -2.24. The molecule has 1 aliphatic heterocycles. The van der Waals surface area contributed by atoms with Gasteiger partial charge in [0.25, 0.3) is 5.92 Å². The number of carbonyl (C=O) groups excluding carboxylic acids is 1. The first kappa shape index (κ1) is 15.1. The maximum Gasteiger partial charge on any atom is 0.273 e. The van der Waals surface area contributed by atoms with Crippen molar-refractivity contribution in [3.05, 3.63) is 34.5 Å². The zero-order valence-electron chi connectivity index (χ0n) is 11.3. The number of nitrogens with zero attached hydrogens (tertiary/aromatic N) is 1. The van der Waals surface area contributed by atoms with E-state index >= 15 is 0 Å². The van der Waals surface area contributed by atoms with Gasteiger partial charge in [-0.3, -0.25) is 4.79 Å². The van der Waals surface area contributed by atoms with E-state index in [-0.39, 0.29) is 18.9 Å². The van der Waals surface area contributed by atoms with Crippen LogP contribution in [0.4, 0.5) is 8.78 Å². The van der Waals surface area contributed by atoms with E-state index in [2.05, 4.69) is 6.58 Å². The number of ether oxygens (including phenoxy) is 1. The maximum absolute atomic E-state index is 13.1. The average Bonchev–Trinajstić information content (AvgIpc) is 2.94. The van der Waals surface area contributed by atoms with Crippen LogP contribution in [0.1, 0.15) is 16.9 Å². The summed E-state index contributed by atoms with van der Waals surface area (Å²) in [6.45, 7) is 5.42. The van der Waals surface area contributed by atoms with E-state index < -0.39 is 18.6 Å². The minimum atomic E-state index is -2.79. The number of hydrogen-bond donors (Lipinski definition) is 0. The lowest BCUT2D eigenvalue weighted by Crippen LogP contribution is -2.36. The van der Waals surface area contributed by atoms with E-state index in [1.165, 1.54) is 11.0 Å².